The molecule has 0 atom stereocenters. The molecule has 0 fully saturated rings. The summed E-state index contributed by atoms with van der Waals surface area (Å²) in [6.45, 7) is 0. The van der Waals surface area contributed by atoms with Crippen molar-refractivity contribution in [2.45, 2.75) is 25.7 Å². The minimum absolute atomic E-state index is 0. The van der Waals surface area contributed by atoms with Crippen molar-refractivity contribution in [3.8, 4) is 22.5 Å². The molecular weight excluding hydrogens is 786 g/mol. The van der Waals surface area contributed by atoms with Crippen LogP contribution in [0.15, 0.2) is 140 Å². The Bertz CT molecular complexity index is 2300. The Morgan fingerprint density at radius 2 is 1.17 bits per heavy atom. The molecule has 5 heterocycles. The Morgan fingerprint density at radius 3 is 1.85 bits per heavy atom. The molecule has 234 valence electrons. The summed E-state index contributed by atoms with van der Waals surface area (Å²) in [5.41, 5.74) is 9.10. The summed E-state index contributed by atoms with van der Waals surface area (Å²) in [5.74, 6) is 0. The molecule has 0 radical (unpaired) electrons. The second-order valence-corrected chi connectivity index (χ2v) is 15.9. The molecule has 7 heteroatoms. The van der Waals surface area contributed by atoms with E-state index < -0.39 is 8.07 Å². The number of pyridine rings is 2. The van der Waals surface area contributed by atoms with Crippen LogP contribution in [-0.4, -0.2) is 23.1 Å². The fraction of sp³-hybridized carbons (Fsp3) is 0.0976. The zero-order valence-electron chi connectivity index (χ0n) is 26.2. The van der Waals surface area contributed by atoms with E-state index in [4.69, 9.17) is 9.97 Å². The Kier molecular flexibility index (Phi) is 7.99. The van der Waals surface area contributed by atoms with Crippen molar-refractivity contribution in [3.63, 3.8) is 0 Å². The second-order valence-electron chi connectivity index (χ2n) is 12.3. The number of nitrogens with zero attached hydrogens (tertiary/aromatic N) is 5. The van der Waals surface area contributed by atoms with Crippen LogP contribution in [0, 0.1) is 0 Å². The van der Waals surface area contributed by atoms with E-state index in [1.165, 1.54) is 50.7 Å². The Balaban J connectivity index is 0.000000201. The van der Waals surface area contributed by atoms with Crippen LogP contribution in [-0.2, 0) is 33.9 Å². The first kappa shape index (κ1) is 30.4. The largest absolute Gasteiger partial charge is 2.00 e. The van der Waals surface area contributed by atoms with Gasteiger partial charge in [-0.15, -0.1) is 11.0 Å². The number of rotatable bonds is 3. The number of aromatic nitrogens is 5. The third kappa shape index (κ3) is 4.82. The fourth-order valence-corrected chi connectivity index (χ4v) is 12.5. The summed E-state index contributed by atoms with van der Waals surface area (Å²) < 4.78 is 0. The van der Waals surface area contributed by atoms with Crippen molar-refractivity contribution in [1.82, 2.24) is 25.1 Å². The smallest absolute Gasteiger partial charge is 0.657 e. The van der Waals surface area contributed by atoms with Crippen LogP contribution in [0.2, 0.25) is 0 Å². The summed E-state index contributed by atoms with van der Waals surface area (Å²) in [5, 5.41) is 16.6. The molecule has 48 heavy (non-hydrogen) atoms. The second kappa shape index (κ2) is 12.6. The SMILES string of the molecule is [Pt+2].c1ccc([Si]2(c3cccc(-c4[n-]nc5c4CCCC5)n3)c3ccccc3-c3ccccc32)nc1.c1ccc2c(c1)[n-]c1ccccc12. The first-order valence-electron chi connectivity index (χ1n) is 16.3. The van der Waals surface area contributed by atoms with Crippen LogP contribution in [0.3, 0.4) is 0 Å². The number of hydrogen-bond acceptors (Lipinski definition) is 3. The van der Waals surface area contributed by atoms with Gasteiger partial charge in [-0.05, 0) is 87.8 Å². The van der Waals surface area contributed by atoms with Gasteiger partial charge >= 0.3 is 21.1 Å². The van der Waals surface area contributed by atoms with Gasteiger partial charge < -0.3 is 15.2 Å². The van der Waals surface area contributed by atoms with E-state index in [0.29, 0.717) is 0 Å². The summed E-state index contributed by atoms with van der Waals surface area (Å²) in [6.07, 6.45) is 6.37. The molecule has 10 rings (SSSR count). The van der Waals surface area contributed by atoms with E-state index in [9.17, 15) is 0 Å². The topological polar surface area (TPSA) is 66.9 Å². The van der Waals surface area contributed by atoms with Crippen molar-refractivity contribution >= 4 is 50.9 Å². The summed E-state index contributed by atoms with van der Waals surface area (Å²) >= 11 is 0. The van der Waals surface area contributed by atoms with Gasteiger partial charge in [-0.3, -0.25) is 9.97 Å². The molecule has 2 aliphatic rings. The number of para-hydroxylation sites is 2. The monoisotopic (exact) mass is 816 g/mol. The quantitative estimate of drug-likeness (QED) is 0.215. The molecule has 1 aliphatic heterocycles. The third-order valence-electron chi connectivity index (χ3n) is 9.71. The maximum Gasteiger partial charge on any atom is 2.00 e. The van der Waals surface area contributed by atoms with Gasteiger partial charge in [-0.25, -0.2) is 0 Å². The van der Waals surface area contributed by atoms with E-state index in [-0.39, 0.29) is 21.1 Å². The average molecular weight is 817 g/mol. The molecule has 0 amide bonds. The van der Waals surface area contributed by atoms with Gasteiger partial charge in [0.15, 0.2) is 0 Å². The molecule has 8 aromatic rings. The zero-order chi connectivity index (χ0) is 31.2. The number of fused-ring (bicyclic) bond motifs is 7. The fourth-order valence-electron chi connectivity index (χ4n) is 7.64. The molecule has 0 bridgehead atoms. The van der Waals surface area contributed by atoms with Crippen LogP contribution in [0.25, 0.3) is 44.3 Å². The predicted molar refractivity (Wildman–Crippen MR) is 193 cm³/mol. The third-order valence-corrected chi connectivity index (χ3v) is 14.3. The normalized spacial score (nSPS) is 13.9. The van der Waals surface area contributed by atoms with Crippen LogP contribution < -0.4 is 31.1 Å². The summed E-state index contributed by atoms with van der Waals surface area (Å²) in [7, 11) is -2.68. The van der Waals surface area contributed by atoms with Crippen LogP contribution >= 0.6 is 0 Å². The van der Waals surface area contributed by atoms with Crippen molar-refractivity contribution in [3.05, 3.63) is 151 Å². The van der Waals surface area contributed by atoms with Gasteiger partial charge in [-0.1, -0.05) is 115 Å². The van der Waals surface area contributed by atoms with E-state index in [2.05, 4.69) is 130 Å². The van der Waals surface area contributed by atoms with E-state index in [1.54, 1.807) is 0 Å². The van der Waals surface area contributed by atoms with Gasteiger partial charge in [0.05, 0.1) is 0 Å². The van der Waals surface area contributed by atoms with Gasteiger partial charge in [0.25, 0.3) is 0 Å². The van der Waals surface area contributed by atoms with Crippen LogP contribution in [0.4, 0.5) is 0 Å². The van der Waals surface area contributed by atoms with Gasteiger partial charge in [0.2, 0.25) is 8.07 Å². The summed E-state index contributed by atoms with van der Waals surface area (Å²) in [4.78, 5) is 14.8. The van der Waals surface area contributed by atoms with Gasteiger partial charge in [-0.2, -0.15) is 0 Å². The summed E-state index contributed by atoms with van der Waals surface area (Å²) in [6, 6.07) is 46.8. The van der Waals surface area contributed by atoms with E-state index in [0.717, 1.165) is 51.6 Å². The molecule has 0 saturated heterocycles. The molecule has 4 aromatic carbocycles. The van der Waals surface area contributed by atoms with Crippen molar-refractivity contribution in [2.75, 3.05) is 0 Å². The number of benzene rings is 4. The molecule has 4 aromatic heterocycles. The minimum Gasteiger partial charge on any atom is -0.657 e. The van der Waals surface area contributed by atoms with Crippen molar-refractivity contribution in [1.29, 1.82) is 0 Å². The number of hydrogen-bond donors (Lipinski definition) is 0. The molecule has 1 aliphatic carbocycles. The molecular formula is C41H31N5PtSi. The maximum absolute atomic E-state index is 5.37. The van der Waals surface area contributed by atoms with Gasteiger partial charge in [0, 0.05) is 28.2 Å². The molecule has 0 saturated carbocycles. The molecule has 0 spiro atoms. The molecule has 0 N–H and O–H groups in total. The first-order valence-corrected chi connectivity index (χ1v) is 18.3. The molecule has 0 unspecified atom stereocenters. The Morgan fingerprint density at radius 1 is 0.562 bits per heavy atom. The zero-order valence-corrected chi connectivity index (χ0v) is 29.4. The van der Waals surface area contributed by atoms with E-state index in [1.807, 2.05) is 24.4 Å². The predicted octanol–water partition coefficient (Wildman–Crippen LogP) is 5.68. The Hall–Kier alpha value is -4.90. The first-order chi connectivity index (χ1) is 23.3. The van der Waals surface area contributed by atoms with Crippen LogP contribution in [0.5, 0.6) is 0 Å². The number of aryl methyl sites for hydroxylation is 1. The minimum atomic E-state index is -2.68. The Labute approximate surface area is 294 Å². The standard InChI is InChI=1S/C29H23N4Si.C12H8N.Pt/c1-4-13-23-22(12-1)29(33-32-23)24-14-9-18-28(31-24)34(27-17-7-8-19-30-27)25-15-5-2-10-20(25)21-11-3-6-16-26(21)34;1-3-7-11-9(5-1)10-6-2-4-8-12(10)13-11;/h2-3,5-11,14-19H,1,4,12-13H2;1-8H;/q2*-1;+2. The average Bonchev–Trinajstić information content (AvgIpc) is 3.84. The van der Waals surface area contributed by atoms with E-state index >= 15 is 0 Å². The molecule has 5 nitrogen and oxygen atoms in total. The van der Waals surface area contributed by atoms with Crippen molar-refractivity contribution < 1.29 is 21.1 Å². The van der Waals surface area contributed by atoms with Crippen molar-refractivity contribution in [2.24, 2.45) is 0 Å². The van der Waals surface area contributed by atoms with Gasteiger partial charge in [0.1, 0.15) is 0 Å². The van der Waals surface area contributed by atoms with Crippen LogP contribution in [0.1, 0.15) is 24.1 Å². The maximum atomic E-state index is 5.37.